The van der Waals surface area contributed by atoms with E-state index in [1.807, 2.05) is 53.2 Å². The number of hydrogen-bond donors (Lipinski definition) is 1. The van der Waals surface area contributed by atoms with E-state index in [-0.39, 0.29) is 12.5 Å². The Hall–Kier alpha value is -3.05. The Balaban J connectivity index is 1.56. The Morgan fingerprint density at radius 1 is 1.08 bits per heavy atom. The molecule has 126 valence electrons. The molecule has 0 bridgehead atoms. The fourth-order valence-electron chi connectivity index (χ4n) is 2.23. The number of nitrogens with one attached hydrogen (secondary N) is 1. The van der Waals surface area contributed by atoms with Gasteiger partial charge in [0.25, 0.3) is 5.91 Å². The molecule has 5 nitrogen and oxygen atoms in total. The molecule has 0 fully saturated rings. The number of carbonyl (C=O) groups is 1. The van der Waals surface area contributed by atoms with Crippen LogP contribution in [0.5, 0.6) is 5.75 Å². The third-order valence-electron chi connectivity index (χ3n) is 3.40. The van der Waals surface area contributed by atoms with E-state index < -0.39 is 0 Å². The van der Waals surface area contributed by atoms with Crippen LogP contribution < -0.4 is 10.2 Å². The zero-order valence-corrected chi connectivity index (χ0v) is 14.1. The molecule has 0 atom stereocenters. The Morgan fingerprint density at radius 3 is 2.64 bits per heavy atom. The lowest BCUT2D eigenvalue weighted by Crippen LogP contribution is -2.24. The summed E-state index contributed by atoms with van der Waals surface area (Å²) in [5.74, 6) is 0.0928. The second kappa shape index (κ2) is 8.17. The van der Waals surface area contributed by atoms with E-state index in [9.17, 15) is 4.79 Å². The van der Waals surface area contributed by atoms with E-state index >= 15 is 0 Å². The Kier molecular flexibility index (Phi) is 5.49. The van der Waals surface area contributed by atoms with Gasteiger partial charge in [-0.15, -0.1) is 0 Å². The van der Waals surface area contributed by atoms with Gasteiger partial charge in [-0.25, -0.2) is 5.43 Å². The predicted octanol–water partition coefficient (Wildman–Crippen LogP) is 3.66. The molecule has 0 radical (unpaired) electrons. The van der Waals surface area contributed by atoms with E-state index in [0.29, 0.717) is 10.8 Å². The monoisotopic (exact) mass is 353 g/mol. The molecule has 3 aromatic rings. The normalized spacial score (nSPS) is 10.8. The van der Waals surface area contributed by atoms with Crippen molar-refractivity contribution in [3.05, 3.63) is 83.6 Å². The number of halogens is 1. The highest BCUT2D eigenvalue weighted by atomic mass is 35.5. The van der Waals surface area contributed by atoms with Gasteiger partial charge in [-0.2, -0.15) is 5.10 Å². The second-order valence-electron chi connectivity index (χ2n) is 5.15. The minimum absolute atomic E-state index is 0.166. The Morgan fingerprint density at radius 2 is 1.84 bits per heavy atom. The first kappa shape index (κ1) is 16.8. The standard InChI is InChI=1S/C19H16ClN3O2/c20-17-10-4-5-11-18(17)25-14-19(24)22-21-13-16-9-6-12-23(16)15-7-2-1-3-8-15/h1-13H,14H2,(H,22,24). The summed E-state index contributed by atoms with van der Waals surface area (Å²) in [7, 11) is 0. The van der Waals surface area contributed by atoms with Crippen LogP contribution in [0, 0.1) is 0 Å². The summed E-state index contributed by atoms with van der Waals surface area (Å²) in [6, 6.07) is 20.7. The number of rotatable bonds is 6. The summed E-state index contributed by atoms with van der Waals surface area (Å²) in [5, 5.41) is 4.43. The van der Waals surface area contributed by atoms with Gasteiger partial charge in [0.15, 0.2) is 6.61 Å². The van der Waals surface area contributed by atoms with Gasteiger partial charge in [-0.1, -0.05) is 41.9 Å². The quantitative estimate of drug-likeness (QED) is 0.543. The summed E-state index contributed by atoms with van der Waals surface area (Å²) in [6.07, 6.45) is 3.51. The van der Waals surface area contributed by atoms with Crippen molar-refractivity contribution in [2.75, 3.05) is 6.61 Å². The summed E-state index contributed by atoms with van der Waals surface area (Å²) < 4.78 is 7.32. The summed E-state index contributed by atoms with van der Waals surface area (Å²) in [6.45, 7) is -0.166. The van der Waals surface area contributed by atoms with Crippen LogP contribution in [0.1, 0.15) is 5.69 Å². The molecule has 25 heavy (non-hydrogen) atoms. The molecule has 0 saturated carbocycles. The Bertz CT molecular complexity index is 875. The minimum atomic E-state index is -0.367. The first-order valence-electron chi connectivity index (χ1n) is 7.66. The Labute approximate surface area is 150 Å². The van der Waals surface area contributed by atoms with Crippen LogP contribution in [0.3, 0.4) is 0 Å². The molecule has 2 aromatic carbocycles. The fourth-order valence-corrected chi connectivity index (χ4v) is 2.42. The topological polar surface area (TPSA) is 55.6 Å². The largest absolute Gasteiger partial charge is 0.482 e. The predicted molar refractivity (Wildman–Crippen MR) is 98.5 cm³/mol. The summed E-state index contributed by atoms with van der Waals surface area (Å²) in [4.78, 5) is 11.8. The summed E-state index contributed by atoms with van der Waals surface area (Å²) >= 11 is 5.97. The van der Waals surface area contributed by atoms with Crippen molar-refractivity contribution >= 4 is 23.7 Å². The molecule has 0 spiro atoms. The zero-order chi connectivity index (χ0) is 17.5. The molecular formula is C19H16ClN3O2. The number of nitrogens with zero attached hydrogens (tertiary/aromatic N) is 2. The second-order valence-corrected chi connectivity index (χ2v) is 5.56. The average Bonchev–Trinajstić information content (AvgIpc) is 3.10. The third-order valence-corrected chi connectivity index (χ3v) is 3.71. The molecule has 0 saturated heterocycles. The van der Waals surface area contributed by atoms with Crippen LogP contribution in [0.25, 0.3) is 5.69 Å². The first-order chi connectivity index (χ1) is 12.2. The molecule has 3 rings (SSSR count). The molecular weight excluding hydrogens is 338 g/mol. The van der Waals surface area contributed by atoms with E-state index in [4.69, 9.17) is 16.3 Å². The number of aromatic nitrogens is 1. The lowest BCUT2D eigenvalue weighted by atomic mass is 10.3. The highest BCUT2D eigenvalue weighted by Crippen LogP contribution is 2.22. The van der Waals surface area contributed by atoms with Crippen molar-refractivity contribution in [2.45, 2.75) is 0 Å². The fraction of sp³-hybridized carbons (Fsp3) is 0.0526. The van der Waals surface area contributed by atoms with E-state index in [1.54, 1.807) is 30.5 Å². The van der Waals surface area contributed by atoms with E-state index in [0.717, 1.165) is 11.4 Å². The van der Waals surface area contributed by atoms with Gasteiger partial charge in [0.1, 0.15) is 5.75 Å². The number of amides is 1. The SMILES string of the molecule is O=C(COc1ccccc1Cl)NN=Cc1cccn1-c1ccccc1. The average molecular weight is 354 g/mol. The molecule has 1 N–H and O–H groups in total. The van der Waals surface area contributed by atoms with Crippen molar-refractivity contribution in [1.82, 2.24) is 9.99 Å². The maximum Gasteiger partial charge on any atom is 0.277 e. The van der Waals surface area contributed by atoms with Crippen molar-refractivity contribution in [3.63, 3.8) is 0 Å². The molecule has 0 aliphatic heterocycles. The number of benzene rings is 2. The van der Waals surface area contributed by atoms with Gasteiger partial charge >= 0.3 is 0 Å². The maximum atomic E-state index is 11.8. The molecule has 0 aliphatic carbocycles. The minimum Gasteiger partial charge on any atom is -0.482 e. The van der Waals surface area contributed by atoms with Crippen LogP contribution >= 0.6 is 11.6 Å². The van der Waals surface area contributed by atoms with Gasteiger partial charge in [-0.3, -0.25) is 4.79 Å². The van der Waals surface area contributed by atoms with E-state index in [1.165, 1.54) is 0 Å². The molecule has 1 aromatic heterocycles. The molecule has 1 amide bonds. The first-order valence-corrected chi connectivity index (χ1v) is 8.04. The van der Waals surface area contributed by atoms with Crippen molar-refractivity contribution in [2.24, 2.45) is 5.10 Å². The van der Waals surface area contributed by atoms with E-state index in [2.05, 4.69) is 10.5 Å². The summed E-state index contributed by atoms with van der Waals surface area (Å²) in [5.41, 5.74) is 4.30. The molecule has 1 heterocycles. The lowest BCUT2D eigenvalue weighted by Gasteiger charge is -2.07. The number of ether oxygens (including phenoxy) is 1. The number of hydrogen-bond acceptors (Lipinski definition) is 3. The third kappa shape index (κ3) is 4.49. The molecule has 6 heteroatoms. The lowest BCUT2D eigenvalue weighted by molar-refractivity contribution is -0.123. The van der Waals surface area contributed by atoms with Crippen LogP contribution in [0.2, 0.25) is 5.02 Å². The zero-order valence-electron chi connectivity index (χ0n) is 13.3. The van der Waals surface area contributed by atoms with Crippen LogP contribution in [0.4, 0.5) is 0 Å². The van der Waals surface area contributed by atoms with Crippen molar-refractivity contribution < 1.29 is 9.53 Å². The highest BCUT2D eigenvalue weighted by molar-refractivity contribution is 6.32. The van der Waals surface area contributed by atoms with Gasteiger partial charge < -0.3 is 9.30 Å². The molecule has 0 unspecified atom stereocenters. The van der Waals surface area contributed by atoms with Crippen LogP contribution in [-0.2, 0) is 4.79 Å². The van der Waals surface area contributed by atoms with Gasteiger partial charge in [0, 0.05) is 11.9 Å². The van der Waals surface area contributed by atoms with Gasteiger partial charge in [0.05, 0.1) is 16.9 Å². The number of hydrazone groups is 1. The maximum absolute atomic E-state index is 11.8. The van der Waals surface area contributed by atoms with Gasteiger partial charge in [0.2, 0.25) is 0 Å². The van der Waals surface area contributed by atoms with Crippen molar-refractivity contribution in [1.29, 1.82) is 0 Å². The van der Waals surface area contributed by atoms with Crippen molar-refractivity contribution in [3.8, 4) is 11.4 Å². The van der Waals surface area contributed by atoms with Crippen LogP contribution in [-0.4, -0.2) is 23.3 Å². The smallest absolute Gasteiger partial charge is 0.277 e. The molecule has 0 aliphatic rings. The van der Waals surface area contributed by atoms with Gasteiger partial charge in [-0.05, 0) is 36.4 Å². The number of carbonyl (C=O) groups excluding carboxylic acids is 1. The van der Waals surface area contributed by atoms with Crippen LogP contribution in [0.15, 0.2) is 78.0 Å². The highest BCUT2D eigenvalue weighted by Gasteiger charge is 2.05. The number of para-hydroxylation sites is 2.